The molecule has 2 rings (SSSR count). The van der Waals surface area contributed by atoms with Crippen molar-refractivity contribution < 1.29 is 9.53 Å². The summed E-state index contributed by atoms with van der Waals surface area (Å²) >= 11 is 0. The molecule has 0 bridgehead atoms. The van der Waals surface area contributed by atoms with Gasteiger partial charge in [0.15, 0.2) is 0 Å². The maximum Gasteiger partial charge on any atom is 0.251 e. The van der Waals surface area contributed by atoms with Crippen molar-refractivity contribution in [1.82, 2.24) is 14.8 Å². The lowest BCUT2D eigenvalue weighted by Gasteiger charge is -2.38. The Morgan fingerprint density at radius 3 is 2.57 bits per heavy atom. The number of hydrogen-bond donors (Lipinski definition) is 0. The number of carbonyl (C=O) groups excluding carboxylic acids is 1. The van der Waals surface area contributed by atoms with Crippen LogP contribution in [0.4, 0.5) is 0 Å². The molecule has 5 nitrogen and oxygen atoms in total. The van der Waals surface area contributed by atoms with Crippen molar-refractivity contribution in [1.29, 1.82) is 0 Å². The summed E-state index contributed by atoms with van der Waals surface area (Å²) in [6, 6.07) is 6.29. The Balaban J connectivity index is 1.87. The summed E-state index contributed by atoms with van der Waals surface area (Å²) in [6.07, 6.45) is 1.49. The average Bonchev–Trinajstić information content (AvgIpc) is 2.54. The van der Waals surface area contributed by atoms with Crippen LogP contribution in [0, 0.1) is 0 Å². The Kier molecular flexibility index (Phi) is 5.70. The first kappa shape index (κ1) is 15.9. The third-order valence-corrected chi connectivity index (χ3v) is 4.05. The van der Waals surface area contributed by atoms with Crippen LogP contribution in [0.2, 0.25) is 0 Å². The van der Waals surface area contributed by atoms with Gasteiger partial charge in [0, 0.05) is 45.0 Å². The first-order valence-electron chi connectivity index (χ1n) is 7.68. The van der Waals surface area contributed by atoms with E-state index in [9.17, 15) is 4.79 Å². The van der Waals surface area contributed by atoms with Gasteiger partial charge in [0.25, 0.3) is 5.91 Å². The van der Waals surface area contributed by atoms with Gasteiger partial charge in [-0.05, 0) is 32.9 Å². The molecule has 5 heteroatoms. The minimum atomic E-state index is -0.338. The van der Waals surface area contributed by atoms with Gasteiger partial charge in [-0.15, -0.1) is 0 Å². The van der Waals surface area contributed by atoms with Crippen LogP contribution in [-0.4, -0.2) is 59.6 Å². The van der Waals surface area contributed by atoms with Crippen molar-refractivity contribution in [2.75, 3.05) is 32.8 Å². The maximum absolute atomic E-state index is 12.2. The number of carbonyl (C=O) groups is 1. The lowest BCUT2D eigenvalue weighted by atomic mass is 10.1. The summed E-state index contributed by atoms with van der Waals surface area (Å²) < 4.78 is 5.39. The van der Waals surface area contributed by atoms with Crippen molar-refractivity contribution >= 4 is 5.91 Å². The molecule has 0 N–H and O–H groups in total. The summed E-state index contributed by atoms with van der Waals surface area (Å²) in [5.41, 5.74) is 1.08. The zero-order chi connectivity index (χ0) is 15.2. The minimum absolute atomic E-state index is 0.0991. The van der Waals surface area contributed by atoms with Gasteiger partial charge in [0.05, 0.1) is 5.69 Å². The molecule has 0 aliphatic carbocycles. The summed E-state index contributed by atoms with van der Waals surface area (Å²) in [5, 5.41) is 0. The van der Waals surface area contributed by atoms with E-state index >= 15 is 0 Å². The molecular formula is C16H25N3O2. The van der Waals surface area contributed by atoms with E-state index in [-0.39, 0.29) is 18.1 Å². The number of aromatic nitrogens is 1. The molecule has 2 heterocycles. The molecule has 1 aromatic rings. The second-order valence-corrected chi connectivity index (χ2v) is 5.39. The highest BCUT2D eigenvalue weighted by molar-refractivity contribution is 5.80. The molecule has 0 saturated carbocycles. The average molecular weight is 291 g/mol. The Morgan fingerprint density at radius 2 is 2.00 bits per heavy atom. The quantitative estimate of drug-likeness (QED) is 0.828. The van der Waals surface area contributed by atoms with Crippen molar-refractivity contribution in [3.05, 3.63) is 30.1 Å². The van der Waals surface area contributed by atoms with E-state index in [1.807, 2.05) is 37.1 Å². The molecule has 1 aliphatic heterocycles. The Hall–Kier alpha value is -1.46. The molecule has 1 saturated heterocycles. The number of rotatable bonds is 5. The summed E-state index contributed by atoms with van der Waals surface area (Å²) in [4.78, 5) is 20.9. The van der Waals surface area contributed by atoms with Crippen LogP contribution in [-0.2, 0) is 9.53 Å². The van der Waals surface area contributed by atoms with Crippen molar-refractivity contribution in [3.63, 3.8) is 0 Å². The Labute approximate surface area is 126 Å². The van der Waals surface area contributed by atoms with Gasteiger partial charge in [-0.2, -0.15) is 0 Å². The SMILES string of the molecule is CCO[C@H](C)C(=O)N1CCN([C@@H](C)c2ccccn2)CC1. The molecule has 0 spiro atoms. The summed E-state index contributed by atoms with van der Waals surface area (Å²) in [6.45, 7) is 9.75. The van der Waals surface area contributed by atoms with Gasteiger partial charge in [0.1, 0.15) is 6.10 Å². The molecule has 0 radical (unpaired) electrons. The fourth-order valence-electron chi connectivity index (χ4n) is 2.72. The van der Waals surface area contributed by atoms with E-state index in [1.54, 1.807) is 0 Å². The maximum atomic E-state index is 12.2. The van der Waals surface area contributed by atoms with E-state index in [0.717, 1.165) is 31.9 Å². The standard InChI is InChI=1S/C16H25N3O2/c1-4-21-14(3)16(20)19-11-9-18(10-12-19)13(2)15-7-5-6-8-17-15/h5-8,13-14H,4,9-12H2,1-3H3/t13-,14+/m0/s1. The van der Waals surface area contributed by atoms with Crippen molar-refractivity contribution in [3.8, 4) is 0 Å². The number of amides is 1. The van der Waals surface area contributed by atoms with Gasteiger partial charge in [0.2, 0.25) is 0 Å². The van der Waals surface area contributed by atoms with Crippen molar-refractivity contribution in [2.24, 2.45) is 0 Å². The highest BCUT2D eigenvalue weighted by Gasteiger charge is 2.27. The van der Waals surface area contributed by atoms with E-state index in [1.165, 1.54) is 0 Å². The lowest BCUT2D eigenvalue weighted by Crippen LogP contribution is -2.51. The van der Waals surface area contributed by atoms with Gasteiger partial charge in [-0.25, -0.2) is 0 Å². The van der Waals surface area contributed by atoms with Crippen LogP contribution < -0.4 is 0 Å². The largest absolute Gasteiger partial charge is 0.369 e. The fraction of sp³-hybridized carbons (Fsp3) is 0.625. The lowest BCUT2D eigenvalue weighted by molar-refractivity contribution is -0.144. The summed E-state index contributed by atoms with van der Waals surface area (Å²) in [7, 11) is 0. The predicted octanol–water partition coefficient (Wildman–Crippen LogP) is 1.71. The highest BCUT2D eigenvalue weighted by Crippen LogP contribution is 2.19. The van der Waals surface area contributed by atoms with Crippen molar-refractivity contribution in [2.45, 2.75) is 32.9 Å². The van der Waals surface area contributed by atoms with Gasteiger partial charge in [-0.3, -0.25) is 14.7 Å². The fourth-order valence-corrected chi connectivity index (χ4v) is 2.72. The minimum Gasteiger partial charge on any atom is -0.369 e. The van der Waals surface area contributed by atoms with Crippen LogP contribution in [0.5, 0.6) is 0 Å². The molecular weight excluding hydrogens is 266 g/mol. The number of piperazine rings is 1. The van der Waals surface area contributed by atoms with Crippen LogP contribution in [0.1, 0.15) is 32.5 Å². The van der Waals surface area contributed by atoms with Crippen LogP contribution in [0.15, 0.2) is 24.4 Å². The molecule has 2 atom stereocenters. The normalized spacial score (nSPS) is 19.3. The van der Waals surface area contributed by atoms with E-state index < -0.39 is 0 Å². The molecule has 116 valence electrons. The Morgan fingerprint density at radius 1 is 1.29 bits per heavy atom. The number of hydrogen-bond acceptors (Lipinski definition) is 4. The molecule has 0 unspecified atom stereocenters. The first-order valence-corrected chi connectivity index (χ1v) is 7.68. The second kappa shape index (κ2) is 7.52. The molecule has 1 aliphatic rings. The number of pyridine rings is 1. The summed E-state index contributed by atoms with van der Waals surface area (Å²) in [5.74, 6) is 0.0991. The van der Waals surface area contributed by atoms with Crippen LogP contribution in [0.3, 0.4) is 0 Å². The van der Waals surface area contributed by atoms with Crippen LogP contribution >= 0.6 is 0 Å². The Bertz CT molecular complexity index is 444. The van der Waals surface area contributed by atoms with Crippen LogP contribution in [0.25, 0.3) is 0 Å². The van der Waals surface area contributed by atoms with Gasteiger partial charge in [-0.1, -0.05) is 6.07 Å². The first-order chi connectivity index (χ1) is 10.1. The van der Waals surface area contributed by atoms with E-state index in [4.69, 9.17) is 4.74 Å². The van der Waals surface area contributed by atoms with Gasteiger partial charge >= 0.3 is 0 Å². The smallest absolute Gasteiger partial charge is 0.251 e. The number of ether oxygens (including phenoxy) is 1. The monoisotopic (exact) mass is 291 g/mol. The molecule has 0 aromatic carbocycles. The van der Waals surface area contributed by atoms with Gasteiger partial charge < -0.3 is 9.64 Å². The second-order valence-electron chi connectivity index (χ2n) is 5.39. The third kappa shape index (κ3) is 4.02. The topological polar surface area (TPSA) is 45.7 Å². The molecule has 1 amide bonds. The van der Waals surface area contributed by atoms with E-state index in [2.05, 4.69) is 22.9 Å². The zero-order valence-corrected chi connectivity index (χ0v) is 13.2. The zero-order valence-electron chi connectivity index (χ0n) is 13.2. The third-order valence-electron chi connectivity index (χ3n) is 4.05. The molecule has 1 aromatic heterocycles. The predicted molar refractivity (Wildman–Crippen MR) is 81.9 cm³/mol. The van der Waals surface area contributed by atoms with E-state index in [0.29, 0.717) is 6.61 Å². The highest BCUT2D eigenvalue weighted by atomic mass is 16.5. The molecule has 1 fully saturated rings. The molecule has 21 heavy (non-hydrogen) atoms. The number of nitrogens with zero attached hydrogens (tertiary/aromatic N) is 3.